The quantitative estimate of drug-likeness (QED) is 0.434. The van der Waals surface area contributed by atoms with Crippen molar-refractivity contribution in [2.45, 2.75) is 6.92 Å². The lowest BCUT2D eigenvalue weighted by atomic mass is 10.4. The lowest BCUT2D eigenvalue weighted by Gasteiger charge is -2.18. The van der Waals surface area contributed by atoms with Crippen LogP contribution in [0.5, 0.6) is 0 Å². The second-order valence-corrected chi connectivity index (χ2v) is 2.69. The molecule has 0 spiro atoms. The van der Waals surface area contributed by atoms with Crippen molar-refractivity contribution in [2.24, 2.45) is 0 Å². The normalized spacial score (nSPS) is 10.2. The van der Waals surface area contributed by atoms with E-state index in [2.05, 4.69) is 30.3 Å². The SMILES string of the molecule is C=CCN(CC=C)CCNCC. The first kappa shape index (κ1) is 11.4. The van der Waals surface area contributed by atoms with Crippen molar-refractivity contribution in [3.8, 4) is 0 Å². The molecule has 2 nitrogen and oxygen atoms in total. The van der Waals surface area contributed by atoms with Gasteiger partial charge in [0.15, 0.2) is 0 Å². The Bertz CT molecular complexity index is 111. The first-order valence-corrected chi connectivity index (χ1v) is 4.50. The fourth-order valence-corrected chi connectivity index (χ4v) is 1.04. The Kier molecular flexibility index (Phi) is 8.07. The van der Waals surface area contributed by atoms with Gasteiger partial charge in [-0.3, -0.25) is 4.90 Å². The van der Waals surface area contributed by atoms with Gasteiger partial charge in [0.1, 0.15) is 0 Å². The van der Waals surface area contributed by atoms with Crippen molar-refractivity contribution in [3.63, 3.8) is 0 Å². The standard InChI is InChI=1S/C10H20N2/c1-4-8-12(9-5-2)10-7-11-6-3/h4-5,11H,1-2,6-10H2,3H3. The summed E-state index contributed by atoms with van der Waals surface area (Å²) in [5, 5.41) is 3.29. The van der Waals surface area contributed by atoms with Crippen LogP contribution >= 0.6 is 0 Å². The van der Waals surface area contributed by atoms with E-state index in [1.807, 2.05) is 12.2 Å². The molecule has 0 aliphatic rings. The molecule has 0 rings (SSSR count). The van der Waals surface area contributed by atoms with Crippen LogP contribution in [0.4, 0.5) is 0 Å². The van der Waals surface area contributed by atoms with Crippen molar-refractivity contribution in [1.29, 1.82) is 0 Å². The molecule has 0 aliphatic carbocycles. The summed E-state index contributed by atoms with van der Waals surface area (Å²) in [6.07, 6.45) is 3.85. The zero-order valence-electron chi connectivity index (χ0n) is 8.05. The van der Waals surface area contributed by atoms with Gasteiger partial charge in [0.2, 0.25) is 0 Å². The van der Waals surface area contributed by atoms with Gasteiger partial charge in [0.05, 0.1) is 0 Å². The molecule has 0 radical (unpaired) electrons. The van der Waals surface area contributed by atoms with Gasteiger partial charge < -0.3 is 5.32 Å². The monoisotopic (exact) mass is 168 g/mol. The minimum atomic E-state index is 0.942. The van der Waals surface area contributed by atoms with Crippen LogP contribution in [0.25, 0.3) is 0 Å². The molecule has 0 aromatic heterocycles. The first-order chi connectivity index (χ1) is 5.85. The molecular weight excluding hydrogens is 148 g/mol. The van der Waals surface area contributed by atoms with Crippen LogP contribution < -0.4 is 5.32 Å². The molecule has 70 valence electrons. The van der Waals surface area contributed by atoms with Gasteiger partial charge in [-0.05, 0) is 6.54 Å². The van der Waals surface area contributed by atoms with Crippen molar-refractivity contribution in [2.75, 3.05) is 32.7 Å². The van der Waals surface area contributed by atoms with Crippen molar-refractivity contribution >= 4 is 0 Å². The number of likely N-dealkylation sites (N-methyl/N-ethyl adjacent to an activating group) is 1. The van der Waals surface area contributed by atoms with E-state index >= 15 is 0 Å². The third-order valence-electron chi connectivity index (χ3n) is 1.63. The van der Waals surface area contributed by atoms with Gasteiger partial charge in [-0.25, -0.2) is 0 Å². The van der Waals surface area contributed by atoms with E-state index in [-0.39, 0.29) is 0 Å². The fraction of sp³-hybridized carbons (Fsp3) is 0.600. The maximum absolute atomic E-state index is 3.71. The van der Waals surface area contributed by atoms with Crippen LogP contribution in [0.3, 0.4) is 0 Å². The summed E-state index contributed by atoms with van der Waals surface area (Å²) in [6.45, 7) is 14.6. The van der Waals surface area contributed by atoms with Gasteiger partial charge in [-0.15, -0.1) is 13.2 Å². The smallest absolute Gasteiger partial charge is 0.0164 e. The summed E-state index contributed by atoms with van der Waals surface area (Å²) in [7, 11) is 0. The molecule has 0 saturated heterocycles. The van der Waals surface area contributed by atoms with E-state index in [0.29, 0.717) is 0 Å². The zero-order valence-corrected chi connectivity index (χ0v) is 8.05. The van der Waals surface area contributed by atoms with Crippen molar-refractivity contribution in [3.05, 3.63) is 25.3 Å². The minimum absolute atomic E-state index is 0.942. The number of nitrogens with zero attached hydrogens (tertiary/aromatic N) is 1. The molecule has 0 aliphatic heterocycles. The topological polar surface area (TPSA) is 15.3 Å². The zero-order chi connectivity index (χ0) is 9.23. The van der Waals surface area contributed by atoms with E-state index in [1.54, 1.807) is 0 Å². The molecule has 0 amide bonds. The molecule has 0 aromatic carbocycles. The van der Waals surface area contributed by atoms with E-state index in [0.717, 1.165) is 32.7 Å². The molecule has 0 unspecified atom stereocenters. The molecule has 0 aromatic rings. The second kappa shape index (κ2) is 8.50. The maximum atomic E-state index is 3.71. The average Bonchev–Trinajstić information content (AvgIpc) is 2.06. The maximum Gasteiger partial charge on any atom is 0.0164 e. The largest absolute Gasteiger partial charge is 0.316 e. The summed E-state index contributed by atoms with van der Waals surface area (Å²) < 4.78 is 0. The number of hydrogen-bond donors (Lipinski definition) is 1. The van der Waals surface area contributed by atoms with Crippen LogP contribution in [0.2, 0.25) is 0 Å². The predicted octanol–water partition coefficient (Wildman–Crippen LogP) is 1.27. The molecule has 0 fully saturated rings. The Balaban J connectivity index is 3.47. The molecule has 12 heavy (non-hydrogen) atoms. The molecular formula is C10H20N2. The highest BCUT2D eigenvalue weighted by atomic mass is 15.1. The number of rotatable bonds is 8. The molecule has 0 atom stereocenters. The molecule has 1 N–H and O–H groups in total. The summed E-state index contributed by atoms with van der Waals surface area (Å²) in [6, 6.07) is 0. The molecule has 0 heterocycles. The Morgan fingerprint density at radius 2 is 1.83 bits per heavy atom. The van der Waals surface area contributed by atoms with Gasteiger partial charge in [-0.1, -0.05) is 19.1 Å². The van der Waals surface area contributed by atoms with Crippen molar-refractivity contribution in [1.82, 2.24) is 10.2 Å². The van der Waals surface area contributed by atoms with E-state index < -0.39 is 0 Å². The Hall–Kier alpha value is -0.600. The third kappa shape index (κ3) is 6.13. The third-order valence-corrected chi connectivity index (χ3v) is 1.63. The molecule has 2 heteroatoms. The van der Waals surface area contributed by atoms with E-state index in [4.69, 9.17) is 0 Å². The van der Waals surface area contributed by atoms with Crippen molar-refractivity contribution < 1.29 is 0 Å². The Morgan fingerprint density at radius 3 is 2.25 bits per heavy atom. The number of hydrogen-bond acceptors (Lipinski definition) is 2. The summed E-state index contributed by atoms with van der Waals surface area (Å²) in [4.78, 5) is 2.29. The molecule has 0 bridgehead atoms. The van der Waals surface area contributed by atoms with E-state index in [9.17, 15) is 0 Å². The highest BCUT2D eigenvalue weighted by Gasteiger charge is 1.97. The predicted molar refractivity (Wildman–Crippen MR) is 55.4 cm³/mol. The van der Waals surface area contributed by atoms with Crippen LogP contribution in [0, 0.1) is 0 Å². The highest BCUT2D eigenvalue weighted by Crippen LogP contribution is 1.87. The number of nitrogens with one attached hydrogen (secondary N) is 1. The van der Waals surface area contributed by atoms with Crippen LogP contribution in [-0.4, -0.2) is 37.6 Å². The fourth-order valence-electron chi connectivity index (χ4n) is 1.04. The lowest BCUT2D eigenvalue weighted by Crippen LogP contribution is -2.32. The minimum Gasteiger partial charge on any atom is -0.316 e. The lowest BCUT2D eigenvalue weighted by molar-refractivity contribution is 0.334. The second-order valence-electron chi connectivity index (χ2n) is 2.69. The van der Waals surface area contributed by atoms with Gasteiger partial charge in [0.25, 0.3) is 0 Å². The first-order valence-electron chi connectivity index (χ1n) is 4.50. The van der Waals surface area contributed by atoms with Crippen LogP contribution in [0.15, 0.2) is 25.3 Å². The Morgan fingerprint density at radius 1 is 1.25 bits per heavy atom. The molecule has 0 saturated carbocycles. The van der Waals surface area contributed by atoms with Crippen LogP contribution in [0.1, 0.15) is 6.92 Å². The van der Waals surface area contributed by atoms with E-state index in [1.165, 1.54) is 0 Å². The summed E-state index contributed by atoms with van der Waals surface area (Å²) >= 11 is 0. The highest BCUT2D eigenvalue weighted by molar-refractivity contribution is 4.79. The average molecular weight is 168 g/mol. The van der Waals surface area contributed by atoms with Gasteiger partial charge >= 0.3 is 0 Å². The van der Waals surface area contributed by atoms with Gasteiger partial charge in [-0.2, -0.15) is 0 Å². The Labute approximate surface area is 76.0 Å². The summed E-state index contributed by atoms with van der Waals surface area (Å²) in [5.41, 5.74) is 0. The van der Waals surface area contributed by atoms with Crippen LogP contribution in [-0.2, 0) is 0 Å². The van der Waals surface area contributed by atoms with Gasteiger partial charge in [0, 0.05) is 26.2 Å². The summed E-state index contributed by atoms with van der Waals surface area (Å²) in [5.74, 6) is 0.